The summed E-state index contributed by atoms with van der Waals surface area (Å²) >= 11 is 0. The van der Waals surface area contributed by atoms with Gasteiger partial charge in [-0.15, -0.1) is 0 Å². The number of hydrogen-bond donors (Lipinski definition) is 1. The van der Waals surface area contributed by atoms with E-state index < -0.39 is 5.97 Å². The number of aromatic nitrogens is 1. The molecule has 0 radical (unpaired) electrons. The maximum Gasteiger partial charge on any atom is 0.339 e. The number of esters is 1. The fourth-order valence-corrected chi connectivity index (χ4v) is 2.38. The molecule has 1 heterocycles. The van der Waals surface area contributed by atoms with Gasteiger partial charge in [-0.2, -0.15) is 0 Å². The van der Waals surface area contributed by atoms with E-state index in [1.165, 1.54) is 7.05 Å². The first-order chi connectivity index (χ1) is 11.7. The van der Waals surface area contributed by atoms with Crippen LogP contribution < -0.4 is 5.32 Å². The van der Waals surface area contributed by atoms with Gasteiger partial charge in [0.15, 0.2) is 6.61 Å². The molecule has 0 saturated heterocycles. The maximum atomic E-state index is 12.4. The zero-order chi connectivity index (χ0) is 16.9. The number of nitrogens with zero attached hydrogens (tertiary/aromatic N) is 1. The first kappa shape index (κ1) is 15.7. The normalized spacial score (nSPS) is 10.4. The van der Waals surface area contributed by atoms with Crippen molar-refractivity contribution in [1.29, 1.82) is 0 Å². The molecule has 0 aliphatic heterocycles. The Balaban J connectivity index is 2.05. The van der Waals surface area contributed by atoms with E-state index in [2.05, 4.69) is 10.3 Å². The molecular weight excluding hydrogens is 304 g/mol. The summed E-state index contributed by atoms with van der Waals surface area (Å²) in [7, 11) is 1.49. The summed E-state index contributed by atoms with van der Waals surface area (Å²) in [5, 5.41) is 3.11. The van der Waals surface area contributed by atoms with E-state index in [1.54, 1.807) is 6.07 Å². The number of likely N-dealkylation sites (N-methyl/N-ethyl adjacent to an activating group) is 1. The Hall–Kier alpha value is -3.21. The number of amides is 1. The number of benzene rings is 2. The minimum atomic E-state index is -0.547. The SMILES string of the molecule is CNC(=O)COC(=O)c1cc(-c2ccccc2)nc2ccccc12. The van der Waals surface area contributed by atoms with Crippen molar-refractivity contribution in [1.82, 2.24) is 10.3 Å². The van der Waals surface area contributed by atoms with Crippen LogP contribution in [0.5, 0.6) is 0 Å². The van der Waals surface area contributed by atoms with Gasteiger partial charge in [-0.25, -0.2) is 9.78 Å². The molecule has 120 valence electrons. The van der Waals surface area contributed by atoms with Gasteiger partial charge in [0, 0.05) is 18.0 Å². The first-order valence-electron chi connectivity index (χ1n) is 7.52. The smallest absolute Gasteiger partial charge is 0.339 e. The van der Waals surface area contributed by atoms with Gasteiger partial charge in [0.1, 0.15) is 0 Å². The van der Waals surface area contributed by atoms with E-state index in [0.717, 1.165) is 5.56 Å². The van der Waals surface area contributed by atoms with Crippen LogP contribution in [0.2, 0.25) is 0 Å². The highest BCUT2D eigenvalue weighted by Gasteiger charge is 2.16. The van der Waals surface area contributed by atoms with Crippen LogP contribution in [0, 0.1) is 0 Å². The van der Waals surface area contributed by atoms with Crippen molar-refractivity contribution >= 4 is 22.8 Å². The van der Waals surface area contributed by atoms with Gasteiger partial charge in [0.25, 0.3) is 5.91 Å². The fraction of sp³-hybridized carbons (Fsp3) is 0.105. The van der Waals surface area contributed by atoms with Gasteiger partial charge in [-0.3, -0.25) is 4.79 Å². The molecule has 5 heteroatoms. The van der Waals surface area contributed by atoms with Crippen molar-refractivity contribution in [3.63, 3.8) is 0 Å². The second kappa shape index (κ2) is 6.91. The number of ether oxygens (including phenoxy) is 1. The van der Waals surface area contributed by atoms with Crippen LogP contribution >= 0.6 is 0 Å². The van der Waals surface area contributed by atoms with E-state index in [4.69, 9.17) is 4.74 Å². The lowest BCUT2D eigenvalue weighted by molar-refractivity contribution is -0.123. The molecule has 0 aliphatic carbocycles. The Morgan fingerprint density at radius 1 is 1.04 bits per heavy atom. The highest BCUT2D eigenvalue weighted by molar-refractivity contribution is 6.05. The molecule has 0 aliphatic rings. The number of para-hydroxylation sites is 1. The molecule has 0 fully saturated rings. The Morgan fingerprint density at radius 2 is 1.75 bits per heavy atom. The topological polar surface area (TPSA) is 68.3 Å². The summed E-state index contributed by atoms with van der Waals surface area (Å²) in [6, 6.07) is 18.7. The number of rotatable bonds is 4. The van der Waals surface area contributed by atoms with Gasteiger partial charge < -0.3 is 10.1 Å². The Morgan fingerprint density at radius 3 is 2.50 bits per heavy atom. The van der Waals surface area contributed by atoms with Crippen LogP contribution in [0.15, 0.2) is 60.7 Å². The zero-order valence-electron chi connectivity index (χ0n) is 13.2. The Kier molecular flexibility index (Phi) is 4.52. The van der Waals surface area contributed by atoms with Gasteiger partial charge in [-0.05, 0) is 12.1 Å². The van der Waals surface area contributed by atoms with E-state index in [1.807, 2.05) is 54.6 Å². The molecule has 0 unspecified atom stereocenters. The average molecular weight is 320 g/mol. The summed E-state index contributed by atoms with van der Waals surface area (Å²) in [6.45, 7) is -0.313. The molecule has 2 aromatic carbocycles. The summed E-state index contributed by atoms with van der Waals surface area (Å²) in [5.41, 5.74) is 2.68. The highest BCUT2D eigenvalue weighted by atomic mass is 16.5. The number of fused-ring (bicyclic) bond motifs is 1. The molecule has 1 N–H and O–H groups in total. The molecule has 0 spiro atoms. The van der Waals surface area contributed by atoms with Crippen LogP contribution in [0.4, 0.5) is 0 Å². The summed E-state index contributed by atoms with van der Waals surface area (Å²) in [4.78, 5) is 28.3. The lowest BCUT2D eigenvalue weighted by atomic mass is 10.0. The first-order valence-corrected chi connectivity index (χ1v) is 7.52. The molecule has 0 saturated carbocycles. The molecule has 24 heavy (non-hydrogen) atoms. The Bertz CT molecular complexity index is 892. The third-order valence-electron chi connectivity index (χ3n) is 3.62. The lowest BCUT2D eigenvalue weighted by Gasteiger charge is -2.10. The van der Waals surface area contributed by atoms with Crippen LogP contribution in [0.3, 0.4) is 0 Å². The molecular formula is C19H16N2O3. The number of carbonyl (C=O) groups is 2. The van der Waals surface area contributed by atoms with E-state index in [-0.39, 0.29) is 12.5 Å². The number of pyridine rings is 1. The highest BCUT2D eigenvalue weighted by Crippen LogP contribution is 2.25. The van der Waals surface area contributed by atoms with E-state index in [9.17, 15) is 9.59 Å². The summed E-state index contributed by atoms with van der Waals surface area (Å²) < 4.78 is 5.10. The monoisotopic (exact) mass is 320 g/mol. The number of hydrogen-bond acceptors (Lipinski definition) is 4. The summed E-state index contributed by atoms with van der Waals surface area (Å²) in [6.07, 6.45) is 0. The second-order valence-corrected chi connectivity index (χ2v) is 5.19. The minimum absolute atomic E-state index is 0.313. The predicted octanol–water partition coefficient (Wildman–Crippen LogP) is 2.80. The third-order valence-corrected chi connectivity index (χ3v) is 3.62. The van der Waals surface area contributed by atoms with Crippen LogP contribution in [-0.2, 0) is 9.53 Å². The van der Waals surface area contributed by atoms with Crippen molar-refractivity contribution in [2.75, 3.05) is 13.7 Å². The van der Waals surface area contributed by atoms with Crippen LogP contribution in [0.1, 0.15) is 10.4 Å². The molecule has 0 atom stereocenters. The molecule has 3 aromatic rings. The zero-order valence-corrected chi connectivity index (χ0v) is 13.2. The van der Waals surface area contributed by atoms with Crippen molar-refractivity contribution in [3.8, 4) is 11.3 Å². The molecule has 3 rings (SSSR count). The Labute approximate surface area is 139 Å². The fourth-order valence-electron chi connectivity index (χ4n) is 2.38. The van der Waals surface area contributed by atoms with Crippen molar-refractivity contribution in [2.24, 2.45) is 0 Å². The molecule has 1 aromatic heterocycles. The van der Waals surface area contributed by atoms with Crippen molar-refractivity contribution in [3.05, 3.63) is 66.2 Å². The predicted molar refractivity (Wildman–Crippen MR) is 91.5 cm³/mol. The van der Waals surface area contributed by atoms with Crippen molar-refractivity contribution < 1.29 is 14.3 Å². The number of carbonyl (C=O) groups excluding carboxylic acids is 2. The van der Waals surface area contributed by atoms with Gasteiger partial charge in [0.2, 0.25) is 0 Å². The van der Waals surface area contributed by atoms with Crippen LogP contribution in [-0.4, -0.2) is 30.5 Å². The average Bonchev–Trinajstić information content (AvgIpc) is 2.65. The molecule has 0 bridgehead atoms. The van der Waals surface area contributed by atoms with Gasteiger partial charge >= 0.3 is 5.97 Å². The lowest BCUT2D eigenvalue weighted by Crippen LogP contribution is -2.25. The maximum absolute atomic E-state index is 12.4. The second-order valence-electron chi connectivity index (χ2n) is 5.19. The largest absolute Gasteiger partial charge is 0.452 e. The minimum Gasteiger partial charge on any atom is -0.452 e. The van der Waals surface area contributed by atoms with Crippen molar-refractivity contribution in [2.45, 2.75) is 0 Å². The molecule has 1 amide bonds. The summed E-state index contributed by atoms with van der Waals surface area (Å²) in [5.74, 6) is -0.903. The van der Waals surface area contributed by atoms with E-state index >= 15 is 0 Å². The third kappa shape index (κ3) is 3.25. The van der Waals surface area contributed by atoms with Crippen LogP contribution in [0.25, 0.3) is 22.2 Å². The quantitative estimate of drug-likeness (QED) is 0.751. The van der Waals surface area contributed by atoms with Gasteiger partial charge in [-0.1, -0.05) is 48.5 Å². The van der Waals surface area contributed by atoms with E-state index in [0.29, 0.717) is 22.2 Å². The molecule has 5 nitrogen and oxygen atoms in total. The number of nitrogens with one attached hydrogen (secondary N) is 1. The van der Waals surface area contributed by atoms with Gasteiger partial charge in [0.05, 0.1) is 16.8 Å². The standard InChI is InChI=1S/C19H16N2O3/c1-20-18(22)12-24-19(23)15-11-17(13-7-3-2-4-8-13)21-16-10-6-5-9-14(15)16/h2-11H,12H2,1H3,(H,20,22).